The molecule has 0 spiro atoms. The minimum Gasteiger partial charge on any atom is -0.455 e. The highest BCUT2D eigenvalue weighted by molar-refractivity contribution is 7.92. The molecule has 0 aromatic heterocycles. The first-order valence-corrected chi connectivity index (χ1v) is 12.8. The quantitative estimate of drug-likeness (QED) is 0.493. The highest BCUT2D eigenvalue weighted by Gasteiger charge is 2.51. The second-order valence-electron chi connectivity index (χ2n) is 9.44. The van der Waals surface area contributed by atoms with Gasteiger partial charge in [-0.25, -0.2) is 17.9 Å². The topological polar surface area (TPSA) is 131 Å². The molecule has 1 aromatic carbocycles. The summed E-state index contributed by atoms with van der Waals surface area (Å²) in [5.41, 5.74) is 0.454. The fourth-order valence-electron chi connectivity index (χ4n) is 5.84. The zero-order valence-electron chi connectivity index (χ0n) is 18.3. The van der Waals surface area contributed by atoms with Crippen molar-refractivity contribution in [3.63, 3.8) is 0 Å². The molecule has 0 heterocycles. The van der Waals surface area contributed by atoms with Gasteiger partial charge >= 0.3 is 12.0 Å². The molecule has 0 saturated heterocycles. The number of sulfonamides is 1. The van der Waals surface area contributed by atoms with Crippen LogP contribution in [-0.2, 0) is 24.3 Å². The normalized spacial score (nSPS) is 27.9. The van der Waals surface area contributed by atoms with E-state index in [0.29, 0.717) is 23.3 Å². The molecule has 4 saturated carbocycles. The number of carbonyl (C=O) groups is 3. The highest BCUT2D eigenvalue weighted by Crippen LogP contribution is 2.55. The van der Waals surface area contributed by atoms with Crippen molar-refractivity contribution in [2.45, 2.75) is 44.1 Å². The monoisotopic (exact) mass is 475 g/mol. The Morgan fingerprint density at radius 2 is 1.61 bits per heavy atom. The molecule has 33 heavy (non-hydrogen) atoms. The van der Waals surface area contributed by atoms with Crippen LogP contribution in [0.4, 0.5) is 4.79 Å². The van der Waals surface area contributed by atoms with Crippen LogP contribution in [0.25, 0.3) is 6.08 Å². The number of hydrogen-bond donors (Lipinski definition) is 3. The first kappa shape index (κ1) is 23.4. The minimum atomic E-state index is -3.85. The molecule has 0 radical (unpaired) electrons. The van der Waals surface area contributed by atoms with Gasteiger partial charge in [0.1, 0.15) is 6.54 Å². The van der Waals surface area contributed by atoms with Crippen molar-refractivity contribution in [2.75, 3.05) is 13.2 Å². The number of rotatable bonds is 8. The van der Waals surface area contributed by atoms with Gasteiger partial charge in [-0.05, 0) is 67.9 Å². The summed E-state index contributed by atoms with van der Waals surface area (Å²) in [5.74, 6) is 0.263. The van der Waals surface area contributed by atoms with Crippen molar-refractivity contribution >= 4 is 34.0 Å². The van der Waals surface area contributed by atoms with Crippen molar-refractivity contribution in [1.82, 2.24) is 15.4 Å². The predicted molar refractivity (Wildman–Crippen MR) is 121 cm³/mol. The summed E-state index contributed by atoms with van der Waals surface area (Å²) in [7, 11) is -3.85. The van der Waals surface area contributed by atoms with E-state index in [1.165, 1.54) is 25.3 Å². The van der Waals surface area contributed by atoms with Gasteiger partial charge < -0.3 is 10.1 Å². The Morgan fingerprint density at radius 3 is 2.21 bits per heavy atom. The maximum absolute atomic E-state index is 12.3. The highest BCUT2D eigenvalue weighted by atomic mass is 32.2. The summed E-state index contributed by atoms with van der Waals surface area (Å²) in [6.45, 7) is -1.30. The molecule has 4 aliphatic carbocycles. The van der Waals surface area contributed by atoms with Crippen molar-refractivity contribution in [1.29, 1.82) is 0 Å². The van der Waals surface area contributed by atoms with Gasteiger partial charge in [0.15, 0.2) is 6.61 Å². The molecule has 9 nitrogen and oxygen atoms in total. The van der Waals surface area contributed by atoms with Crippen LogP contribution < -0.4 is 15.4 Å². The zero-order valence-corrected chi connectivity index (χ0v) is 19.1. The van der Waals surface area contributed by atoms with Gasteiger partial charge in [-0.3, -0.25) is 14.9 Å². The molecule has 3 amide bonds. The molecule has 178 valence electrons. The van der Waals surface area contributed by atoms with E-state index >= 15 is 0 Å². The molecule has 0 unspecified atom stereocenters. The van der Waals surface area contributed by atoms with E-state index in [1.54, 1.807) is 24.3 Å². The van der Waals surface area contributed by atoms with E-state index in [0.717, 1.165) is 24.7 Å². The number of imide groups is 1. The molecular formula is C23H29N3O6S. The molecule has 4 aliphatic rings. The molecule has 10 heteroatoms. The third kappa shape index (κ3) is 6.42. The van der Waals surface area contributed by atoms with Gasteiger partial charge in [-0.1, -0.05) is 30.3 Å². The van der Waals surface area contributed by atoms with Gasteiger partial charge in [-0.2, -0.15) is 0 Å². The van der Waals surface area contributed by atoms with Gasteiger partial charge in [0.2, 0.25) is 10.0 Å². The number of nitrogens with one attached hydrogen (secondary N) is 3. The summed E-state index contributed by atoms with van der Waals surface area (Å²) in [4.78, 5) is 36.2. The maximum Gasteiger partial charge on any atom is 0.321 e. The van der Waals surface area contributed by atoms with Crippen LogP contribution >= 0.6 is 0 Å². The van der Waals surface area contributed by atoms with Crippen molar-refractivity contribution < 1.29 is 27.5 Å². The molecule has 5 rings (SSSR count). The van der Waals surface area contributed by atoms with Crippen molar-refractivity contribution in [3.05, 3.63) is 41.3 Å². The molecule has 0 aliphatic heterocycles. The van der Waals surface area contributed by atoms with Crippen LogP contribution in [0.1, 0.15) is 44.1 Å². The number of carbonyl (C=O) groups excluding carboxylic acids is 3. The van der Waals surface area contributed by atoms with Crippen molar-refractivity contribution in [3.8, 4) is 0 Å². The smallest absolute Gasteiger partial charge is 0.321 e. The second kappa shape index (κ2) is 9.64. The summed E-state index contributed by atoms with van der Waals surface area (Å²) < 4.78 is 30.8. The molecular weight excluding hydrogens is 446 g/mol. The first-order chi connectivity index (χ1) is 15.7. The number of esters is 1. The van der Waals surface area contributed by atoms with E-state index in [-0.39, 0.29) is 5.54 Å². The minimum absolute atomic E-state index is 0.235. The van der Waals surface area contributed by atoms with Crippen molar-refractivity contribution in [2.24, 2.45) is 17.8 Å². The van der Waals surface area contributed by atoms with Gasteiger partial charge in [0.25, 0.3) is 5.91 Å². The average molecular weight is 476 g/mol. The zero-order chi connectivity index (χ0) is 23.5. The third-order valence-electron chi connectivity index (χ3n) is 6.69. The summed E-state index contributed by atoms with van der Waals surface area (Å²) in [6, 6.07) is 8.24. The lowest BCUT2D eigenvalue weighted by atomic mass is 9.53. The van der Waals surface area contributed by atoms with Crippen LogP contribution in [-0.4, -0.2) is 45.0 Å². The first-order valence-electron chi connectivity index (χ1n) is 11.2. The van der Waals surface area contributed by atoms with Gasteiger partial charge in [0, 0.05) is 10.9 Å². The fourth-order valence-corrected chi connectivity index (χ4v) is 6.59. The van der Waals surface area contributed by atoms with Crippen LogP contribution in [0.3, 0.4) is 0 Å². The molecule has 1 aromatic rings. The summed E-state index contributed by atoms with van der Waals surface area (Å²) in [6.07, 6.45) is 7.97. The number of hydrogen-bond acceptors (Lipinski definition) is 6. The van der Waals surface area contributed by atoms with Crippen LogP contribution in [0.5, 0.6) is 0 Å². The Hall–Kier alpha value is -2.72. The third-order valence-corrected chi connectivity index (χ3v) is 7.73. The number of benzene rings is 1. The second-order valence-corrected chi connectivity index (χ2v) is 11.1. The molecule has 4 bridgehead atoms. The predicted octanol–water partition coefficient (Wildman–Crippen LogP) is 1.91. The van der Waals surface area contributed by atoms with E-state index in [1.807, 2.05) is 6.07 Å². The van der Waals surface area contributed by atoms with Gasteiger partial charge in [-0.15, -0.1) is 0 Å². The average Bonchev–Trinajstić information content (AvgIpc) is 2.74. The number of amides is 3. The Balaban J connectivity index is 1.16. The Morgan fingerprint density at radius 1 is 1.00 bits per heavy atom. The Labute approximate surface area is 193 Å². The van der Waals surface area contributed by atoms with Crippen LogP contribution in [0.2, 0.25) is 0 Å². The summed E-state index contributed by atoms with van der Waals surface area (Å²) in [5, 5.41) is 6.15. The van der Waals surface area contributed by atoms with E-state index in [2.05, 4.69) is 15.4 Å². The van der Waals surface area contributed by atoms with Crippen LogP contribution in [0, 0.1) is 17.8 Å². The maximum atomic E-state index is 12.3. The SMILES string of the molecule is O=C(COC(=O)CNS(=O)(=O)/C=C/c1ccccc1)NC(=O)NC12CC3CC(CC(C3)C1)C2. The lowest BCUT2D eigenvalue weighted by molar-refractivity contribution is -0.147. The van der Waals surface area contributed by atoms with E-state index in [9.17, 15) is 22.8 Å². The molecule has 3 N–H and O–H groups in total. The van der Waals surface area contributed by atoms with E-state index < -0.39 is 41.1 Å². The Kier molecular flexibility index (Phi) is 6.85. The van der Waals surface area contributed by atoms with Gasteiger partial charge in [0.05, 0.1) is 0 Å². The molecule has 0 atom stereocenters. The van der Waals surface area contributed by atoms with E-state index in [4.69, 9.17) is 4.74 Å². The largest absolute Gasteiger partial charge is 0.455 e. The Bertz CT molecular complexity index is 1000. The summed E-state index contributed by atoms with van der Waals surface area (Å²) >= 11 is 0. The lowest BCUT2D eigenvalue weighted by Gasteiger charge is -2.56. The van der Waals surface area contributed by atoms with Crippen LogP contribution in [0.15, 0.2) is 35.7 Å². The molecule has 4 fully saturated rings. The number of ether oxygens (including phenoxy) is 1. The number of urea groups is 1. The standard InChI is InChI=1S/C23H29N3O6S/c27-20(25-22(29)26-23-11-17-8-18(12-23)10-19(9-17)13-23)15-32-21(28)14-24-33(30,31)7-6-16-4-2-1-3-5-16/h1-7,17-19,24H,8-15H2,(H2,25,26,27,29)/b7-6+. The fraction of sp³-hybridized carbons (Fsp3) is 0.522. The lowest BCUT2D eigenvalue weighted by Crippen LogP contribution is -2.62.